The second-order valence-corrected chi connectivity index (χ2v) is 6.74. The zero-order chi connectivity index (χ0) is 21.6. The van der Waals surface area contributed by atoms with Crippen molar-refractivity contribution < 1.29 is 31.1 Å². The van der Waals surface area contributed by atoms with Gasteiger partial charge < -0.3 is 10.2 Å². The maximum atomic E-state index is 13.2. The summed E-state index contributed by atoms with van der Waals surface area (Å²) in [7, 11) is 1.13. The number of aryl methyl sites for hydroxylation is 1. The maximum Gasteiger partial charge on any atom is 0.433 e. The van der Waals surface area contributed by atoms with E-state index in [2.05, 4.69) is 15.4 Å². The van der Waals surface area contributed by atoms with Gasteiger partial charge in [-0.15, -0.1) is 0 Å². The van der Waals surface area contributed by atoms with Gasteiger partial charge in [-0.25, -0.2) is 0 Å². The average Bonchev–Trinajstić information content (AvgIpc) is 3.16. The van der Waals surface area contributed by atoms with E-state index < -0.39 is 41.6 Å². The van der Waals surface area contributed by atoms with Gasteiger partial charge in [-0.05, 0) is 18.6 Å². The van der Waals surface area contributed by atoms with Crippen LogP contribution in [-0.2, 0) is 24.2 Å². The van der Waals surface area contributed by atoms with Crippen LogP contribution in [0.3, 0.4) is 0 Å². The monoisotopic (exact) mass is 421 g/mol. The predicted octanol–water partition coefficient (Wildman–Crippen LogP) is 3.31. The van der Waals surface area contributed by atoms with Crippen molar-refractivity contribution in [1.82, 2.24) is 20.1 Å². The molecule has 1 aliphatic heterocycles. The van der Waals surface area contributed by atoms with Crippen LogP contribution in [0.2, 0.25) is 0 Å². The first-order valence-electron chi connectivity index (χ1n) is 8.55. The lowest BCUT2D eigenvalue weighted by molar-refractivity contribution is -0.143. The summed E-state index contributed by atoms with van der Waals surface area (Å²) in [5, 5.41) is 6.57. The number of nitrogens with one attached hydrogen (secondary N) is 1. The highest BCUT2D eigenvalue weighted by Gasteiger charge is 2.42. The second kappa shape index (κ2) is 7.23. The number of alkyl halides is 6. The summed E-state index contributed by atoms with van der Waals surface area (Å²) in [6.07, 6.45) is -7.08. The normalized spacial score (nSPS) is 20.2. The zero-order valence-corrected chi connectivity index (χ0v) is 15.3. The number of pyridine rings is 1. The van der Waals surface area contributed by atoms with Crippen LogP contribution >= 0.6 is 0 Å². The molecule has 3 heterocycles. The van der Waals surface area contributed by atoms with Crippen LogP contribution in [0.25, 0.3) is 0 Å². The van der Waals surface area contributed by atoms with Gasteiger partial charge in [-0.1, -0.05) is 0 Å². The third-order valence-corrected chi connectivity index (χ3v) is 4.66. The van der Waals surface area contributed by atoms with Gasteiger partial charge in [0.15, 0.2) is 0 Å². The first kappa shape index (κ1) is 20.9. The smallest absolute Gasteiger partial charge is 0.359 e. The molecule has 0 radical (unpaired) electrons. The van der Waals surface area contributed by atoms with Crippen LogP contribution in [-0.4, -0.2) is 33.3 Å². The van der Waals surface area contributed by atoms with Gasteiger partial charge in [0.05, 0.1) is 35.2 Å². The van der Waals surface area contributed by atoms with E-state index >= 15 is 0 Å². The third-order valence-electron chi connectivity index (χ3n) is 4.66. The molecule has 0 bridgehead atoms. The van der Waals surface area contributed by atoms with Gasteiger partial charge in [0.25, 0.3) is 0 Å². The van der Waals surface area contributed by atoms with Crippen molar-refractivity contribution in [3.05, 3.63) is 41.5 Å². The quantitative estimate of drug-likeness (QED) is 0.773. The van der Waals surface area contributed by atoms with E-state index in [1.165, 1.54) is 18.0 Å². The molecule has 1 amide bonds. The van der Waals surface area contributed by atoms with Crippen molar-refractivity contribution in [2.75, 3.05) is 11.4 Å². The number of carbonyl (C=O) groups is 1. The molecule has 29 heavy (non-hydrogen) atoms. The van der Waals surface area contributed by atoms with E-state index in [0.29, 0.717) is 17.3 Å². The number of carbonyl (C=O) groups excluding carboxylic acids is 1. The van der Waals surface area contributed by atoms with Crippen LogP contribution in [0.4, 0.5) is 32.0 Å². The molecular weight excluding hydrogens is 404 g/mol. The highest BCUT2D eigenvalue weighted by atomic mass is 19.4. The Bertz CT molecular complexity index is 906. The lowest BCUT2D eigenvalue weighted by Crippen LogP contribution is -2.39. The molecule has 1 fully saturated rings. The molecule has 2 aromatic heterocycles. The molecule has 2 atom stereocenters. The molecule has 12 heteroatoms. The Kier molecular flexibility index (Phi) is 5.22. The number of hydrogen-bond donors (Lipinski definition) is 1. The Morgan fingerprint density at radius 2 is 1.83 bits per heavy atom. The van der Waals surface area contributed by atoms with E-state index in [0.717, 1.165) is 19.2 Å². The minimum atomic E-state index is -4.65. The molecule has 6 nitrogen and oxygen atoms in total. The molecule has 1 saturated heterocycles. The number of anilines is 1. The summed E-state index contributed by atoms with van der Waals surface area (Å²) in [4.78, 5) is 16.6. The van der Waals surface area contributed by atoms with Crippen molar-refractivity contribution in [1.29, 1.82) is 0 Å². The Morgan fingerprint density at radius 1 is 1.14 bits per heavy atom. The molecule has 1 aliphatic rings. The first-order valence-corrected chi connectivity index (χ1v) is 8.55. The summed E-state index contributed by atoms with van der Waals surface area (Å²) in [6.45, 7) is 1.46. The largest absolute Gasteiger partial charge is 0.433 e. The number of aromatic nitrogens is 3. The van der Waals surface area contributed by atoms with Crippen LogP contribution in [0.5, 0.6) is 0 Å². The predicted molar refractivity (Wildman–Crippen MR) is 89.8 cm³/mol. The number of rotatable bonds is 3. The van der Waals surface area contributed by atoms with Crippen LogP contribution in [0.1, 0.15) is 36.3 Å². The summed E-state index contributed by atoms with van der Waals surface area (Å²) in [6, 6.07) is 0.215. The highest BCUT2D eigenvalue weighted by Crippen LogP contribution is 2.40. The third kappa shape index (κ3) is 4.30. The fourth-order valence-electron chi connectivity index (χ4n) is 3.50. The summed E-state index contributed by atoms with van der Waals surface area (Å²) < 4.78 is 79.4. The van der Waals surface area contributed by atoms with Crippen molar-refractivity contribution in [2.24, 2.45) is 7.05 Å². The number of halogens is 6. The van der Waals surface area contributed by atoms with Gasteiger partial charge in [-0.2, -0.15) is 31.4 Å². The Morgan fingerprint density at radius 3 is 2.38 bits per heavy atom. The van der Waals surface area contributed by atoms with Crippen LogP contribution < -0.4 is 10.2 Å². The van der Waals surface area contributed by atoms with E-state index in [1.54, 1.807) is 0 Å². The Labute approximate surface area is 161 Å². The molecule has 2 aromatic rings. The van der Waals surface area contributed by atoms with E-state index in [9.17, 15) is 31.1 Å². The average molecular weight is 421 g/mol. The van der Waals surface area contributed by atoms with Gasteiger partial charge in [0.2, 0.25) is 5.91 Å². The van der Waals surface area contributed by atoms with Crippen molar-refractivity contribution in [3.63, 3.8) is 0 Å². The molecule has 1 N–H and O–H groups in total. The van der Waals surface area contributed by atoms with Crippen LogP contribution in [0.15, 0.2) is 24.5 Å². The van der Waals surface area contributed by atoms with Gasteiger partial charge >= 0.3 is 12.4 Å². The number of hydrogen-bond acceptors (Lipinski definition) is 4. The van der Waals surface area contributed by atoms with Crippen molar-refractivity contribution >= 4 is 11.6 Å². The maximum absolute atomic E-state index is 13.2. The molecule has 158 valence electrons. The summed E-state index contributed by atoms with van der Waals surface area (Å²) in [5.41, 5.74) is -1.90. The lowest BCUT2D eigenvalue weighted by atomic mass is 10.0. The van der Waals surface area contributed by atoms with Gasteiger partial charge in [-0.3, -0.25) is 14.5 Å². The topological polar surface area (TPSA) is 63.1 Å². The first-order chi connectivity index (χ1) is 13.4. The zero-order valence-electron chi connectivity index (χ0n) is 15.3. The highest BCUT2D eigenvalue weighted by molar-refractivity contribution is 5.73. The van der Waals surface area contributed by atoms with Crippen molar-refractivity contribution in [2.45, 2.75) is 37.8 Å². The molecule has 0 unspecified atom stereocenters. The minimum absolute atomic E-state index is 0.00603. The summed E-state index contributed by atoms with van der Waals surface area (Å²) >= 11 is 0. The van der Waals surface area contributed by atoms with Crippen molar-refractivity contribution in [3.8, 4) is 0 Å². The number of nitrogens with zero attached hydrogens (tertiary/aromatic N) is 4. The number of amides is 1. The van der Waals surface area contributed by atoms with E-state index in [-0.39, 0.29) is 17.9 Å². The Hall–Kier alpha value is -2.79. The summed E-state index contributed by atoms with van der Waals surface area (Å²) in [5.74, 6) is -0.406. The fraction of sp³-hybridized carbons (Fsp3) is 0.471. The van der Waals surface area contributed by atoms with E-state index in [1.807, 2.05) is 0 Å². The second-order valence-electron chi connectivity index (χ2n) is 6.74. The van der Waals surface area contributed by atoms with Gasteiger partial charge in [0.1, 0.15) is 5.69 Å². The molecule has 0 aliphatic carbocycles. The van der Waals surface area contributed by atoms with Crippen LogP contribution in [0, 0.1) is 0 Å². The van der Waals surface area contributed by atoms with E-state index in [4.69, 9.17) is 0 Å². The molecule has 3 rings (SSSR count). The standard InChI is InChI=1S/C17H17F6N5O/c1-9(29)25-12-3-4-28(11-5-10(7-24-8-11)16(18,19)20)15(12)13-6-14(17(21,22)23)27(2)26-13/h5-8,12,15H,3-4H2,1-2H3,(H,25,29)/t12-,15-/m1/s1. The molecule has 0 aromatic carbocycles. The fourth-order valence-corrected chi connectivity index (χ4v) is 3.50. The molecule has 0 saturated carbocycles. The lowest BCUT2D eigenvalue weighted by Gasteiger charge is -2.29. The minimum Gasteiger partial charge on any atom is -0.359 e. The molecular formula is C17H17F6N5O. The SMILES string of the molecule is CC(=O)N[C@@H]1CCN(c2cncc(C(F)(F)F)c2)[C@H]1c1cc(C(F)(F)F)n(C)n1. The Balaban J connectivity index is 2.05. The molecule has 0 spiro atoms. The van der Waals surface area contributed by atoms with Gasteiger partial charge in [0, 0.05) is 26.7 Å².